The highest BCUT2D eigenvalue weighted by Crippen LogP contribution is 2.50. The Balaban J connectivity index is 4.15. The molecule has 1 aliphatic rings. The Bertz CT molecular complexity index is 686. The first-order valence-electron chi connectivity index (χ1n) is 7.86. The van der Waals surface area contributed by atoms with Crippen molar-refractivity contribution in [3.8, 4) is 0 Å². The molecule has 11 heteroatoms. The van der Waals surface area contributed by atoms with Crippen LogP contribution in [-0.4, -0.2) is 80.4 Å². The fourth-order valence-electron chi connectivity index (χ4n) is 3.38. The van der Waals surface area contributed by atoms with E-state index in [-0.39, 0.29) is 0 Å². The molecule has 0 spiro atoms. The van der Waals surface area contributed by atoms with Gasteiger partial charge in [0, 0.05) is 20.8 Å². The van der Waals surface area contributed by atoms with E-state index in [4.69, 9.17) is 14.2 Å². The standard InChI is InChI=1S/C16H22O11/c1-7(18)14(25-10(4)21)13(23)12(6-17)27-16(24,9(3)20)15(14,8(2)19)26-11(5)22/h12-13,17,23-24H,6H2,1-5H3/t12-,13-,14+,15+,16?/m1/s1. The quantitative estimate of drug-likeness (QED) is 0.420. The molecule has 1 heterocycles. The van der Waals surface area contributed by atoms with Gasteiger partial charge in [-0.1, -0.05) is 0 Å². The van der Waals surface area contributed by atoms with E-state index in [2.05, 4.69) is 0 Å². The van der Waals surface area contributed by atoms with E-state index in [1.54, 1.807) is 0 Å². The summed E-state index contributed by atoms with van der Waals surface area (Å²) >= 11 is 0. The Labute approximate surface area is 154 Å². The van der Waals surface area contributed by atoms with Crippen molar-refractivity contribution in [3.05, 3.63) is 0 Å². The van der Waals surface area contributed by atoms with Crippen LogP contribution in [-0.2, 0) is 38.2 Å². The lowest BCUT2D eigenvalue weighted by atomic mass is 9.64. The number of Topliss-reactive ketones (excluding diaryl/α,β-unsaturated/α-hetero) is 3. The van der Waals surface area contributed by atoms with Crippen molar-refractivity contribution < 1.29 is 53.5 Å². The van der Waals surface area contributed by atoms with Crippen LogP contribution < -0.4 is 0 Å². The monoisotopic (exact) mass is 390 g/mol. The van der Waals surface area contributed by atoms with E-state index in [1.165, 1.54) is 0 Å². The smallest absolute Gasteiger partial charge is 0.304 e. The number of aliphatic hydroxyl groups is 3. The van der Waals surface area contributed by atoms with Crippen molar-refractivity contribution >= 4 is 29.3 Å². The molecule has 0 bridgehead atoms. The molecule has 152 valence electrons. The van der Waals surface area contributed by atoms with Crippen molar-refractivity contribution in [1.29, 1.82) is 0 Å². The van der Waals surface area contributed by atoms with Crippen molar-refractivity contribution in [2.24, 2.45) is 0 Å². The minimum Gasteiger partial charge on any atom is -0.443 e. The van der Waals surface area contributed by atoms with Crippen molar-refractivity contribution in [2.45, 2.75) is 63.8 Å². The lowest BCUT2D eigenvalue weighted by molar-refractivity contribution is -0.375. The first-order chi connectivity index (χ1) is 12.2. The van der Waals surface area contributed by atoms with Crippen LogP contribution in [0.15, 0.2) is 0 Å². The lowest BCUT2D eigenvalue weighted by Gasteiger charge is -2.57. The number of rotatable bonds is 6. The van der Waals surface area contributed by atoms with Gasteiger partial charge < -0.3 is 29.5 Å². The molecule has 11 nitrogen and oxygen atoms in total. The van der Waals surface area contributed by atoms with Crippen LogP contribution in [0.2, 0.25) is 0 Å². The summed E-state index contributed by atoms with van der Waals surface area (Å²) in [6, 6.07) is 0. The third-order valence-electron chi connectivity index (χ3n) is 4.37. The SMILES string of the molecule is CC(=O)O[C@]1(C(C)=O)C(O)(C(C)=O)O[C@H](CO)[C@@H](O)[C@@]1(OC(C)=O)C(C)=O. The number of ether oxygens (including phenoxy) is 3. The Kier molecular flexibility index (Phi) is 6.28. The van der Waals surface area contributed by atoms with E-state index in [0.717, 1.165) is 34.6 Å². The number of hydrogen-bond acceptors (Lipinski definition) is 11. The second kappa shape index (κ2) is 7.43. The number of aliphatic hydroxyl groups excluding tert-OH is 2. The molecule has 27 heavy (non-hydrogen) atoms. The molecule has 0 aliphatic carbocycles. The molecular formula is C16H22O11. The van der Waals surface area contributed by atoms with E-state index in [0.29, 0.717) is 0 Å². The van der Waals surface area contributed by atoms with E-state index in [9.17, 15) is 39.3 Å². The van der Waals surface area contributed by atoms with E-state index in [1.807, 2.05) is 0 Å². The Morgan fingerprint density at radius 2 is 1.37 bits per heavy atom. The van der Waals surface area contributed by atoms with Gasteiger partial charge in [0.2, 0.25) is 5.60 Å². The molecule has 0 radical (unpaired) electrons. The van der Waals surface area contributed by atoms with Gasteiger partial charge in [-0.25, -0.2) is 0 Å². The fourth-order valence-corrected chi connectivity index (χ4v) is 3.38. The summed E-state index contributed by atoms with van der Waals surface area (Å²) in [5.74, 6) is -9.65. The topological polar surface area (TPSA) is 174 Å². The molecule has 1 unspecified atom stereocenters. The highest BCUT2D eigenvalue weighted by molar-refractivity contribution is 6.06. The second-order valence-electron chi connectivity index (χ2n) is 6.20. The van der Waals surface area contributed by atoms with Gasteiger partial charge in [0.15, 0.2) is 17.3 Å². The van der Waals surface area contributed by atoms with Crippen LogP contribution >= 0.6 is 0 Å². The van der Waals surface area contributed by atoms with Crippen molar-refractivity contribution in [3.63, 3.8) is 0 Å². The molecule has 1 fully saturated rings. The van der Waals surface area contributed by atoms with E-state index >= 15 is 0 Å². The maximum atomic E-state index is 12.6. The van der Waals surface area contributed by atoms with Crippen LogP contribution in [0.25, 0.3) is 0 Å². The summed E-state index contributed by atoms with van der Waals surface area (Å²) in [5.41, 5.74) is -6.33. The highest BCUT2D eigenvalue weighted by Gasteiger charge is 2.82. The maximum Gasteiger partial charge on any atom is 0.304 e. The molecule has 1 rings (SSSR count). The minimum atomic E-state index is -3.35. The molecule has 1 saturated heterocycles. The van der Waals surface area contributed by atoms with Gasteiger partial charge in [0.05, 0.1) is 6.61 Å². The normalized spacial score (nSPS) is 35.9. The zero-order valence-corrected chi connectivity index (χ0v) is 15.5. The van der Waals surface area contributed by atoms with Gasteiger partial charge in [-0.15, -0.1) is 0 Å². The molecular weight excluding hydrogens is 368 g/mol. The molecule has 0 saturated carbocycles. The zero-order valence-electron chi connectivity index (χ0n) is 15.5. The number of esters is 2. The number of ketones is 3. The summed E-state index contributed by atoms with van der Waals surface area (Å²) < 4.78 is 14.9. The maximum absolute atomic E-state index is 12.6. The predicted molar refractivity (Wildman–Crippen MR) is 84.0 cm³/mol. The third kappa shape index (κ3) is 3.06. The average molecular weight is 390 g/mol. The summed E-state index contributed by atoms with van der Waals surface area (Å²) in [4.78, 5) is 61.0. The van der Waals surface area contributed by atoms with Gasteiger partial charge in [-0.05, 0) is 13.8 Å². The van der Waals surface area contributed by atoms with Gasteiger partial charge in [0.25, 0.3) is 11.4 Å². The van der Waals surface area contributed by atoms with Crippen LogP contribution in [0.3, 0.4) is 0 Å². The van der Waals surface area contributed by atoms with E-state index < -0.39 is 65.1 Å². The fraction of sp³-hybridized carbons (Fsp3) is 0.688. The van der Waals surface area contributed by atoms with Crippen LogP contribution in [0.4, 0.5) is 0 Å². The molecule has 0 aromatic rings. The Morgan fingerprint density at radius 1 is 0.889 bits per heavy atom. The molecule has 5 atom stereocenters. The summed E-state index contributed by atoms with van der Waals surface area (Å²) in [6.45, 7) is 2.87. The molecule has 0 aromatic carbocycles. The zero-order chi connectivity index (χ0) is 21.4. The first-order valence-corrected chi connectivity index (χ1v) is 7.86. The molecule has 0 aromatic heterocycles. The predicted octanol–water partition coefficient (Wildman–Crippen LogP) is -2.20. The lowest BCUT2D eigenvalue weighted by Crippen LogP contribution is -2.87. The highest BCUT2D eigenvalue weighted by atomic mass is 16.7. The second-order valence-corrected chi connectivity index (χ2v) is 6.20. The van der Waals surface area contributed by atoms with Crippen molar-refractivity contribution in [1.82, 2.24) is 0 Å². The number of carbonyl (C=O) groups excluding carboxylic acids is 5. The first kappa shape index (κ1) is 22.8. The summed E-state index contributed by atoms with van der Waals surface area (Å²) in [5, 5.41) is 31.1. The Hall–Kier alpha value is -2.21. The van der Waals surface area contributed by atoms with Gasteiger partial charge in [-0.2, -0.15) is 0 Å². The van der Waals surface area contributed by atoms with Crippen LogP contribution in [0.1, 0.15) is 34.6 Å². The van der Waals surface area contributed by atoms with Gasteiger partial charge >= 0.3 is 11.9 Å². The average Bonchev–Trinajstić information content (AvgIpc) is 2.52. The Morgan fingerprint density at radius 3 is 1.67 bits per heavy atom. The minimum absolute atomic E-state index is 0.743. The molecule has 0 amide bonds. The molecule has 1 aliphatic heterocycles. The third-order valence-corrected chi connectivity index (χ3v) is 4.37. The van der Waals surface area contributed by atoms with Crippen LogP contribution in [0.5, 0.6) is 0 Å². The number of hydrogen-bond donors (Lipinski definition) is 3. The van der Waals surface area contributed by atoms with Crippen molar-refractivity contribution in [2.75, 3.05) is 6.61 Å². The van der Waals surface area contributed by atoms with Crippen LogP contribution in [0, 0.1) is 0 Å². The summed E-state index contributed by atoms with van der Waals surface area (Å²) in [6.07, 6.45) is -4.11. The molecule has 3 N–H and O–H groups in total. The largest absolute Gasteiger partial charge is 0.443 e. The van der Waals surface area contributed by atoms with Gasteiger partial charge in [0.1, 0.15) is 12.2 Å². The summed E-state index contributed by atoms with van der Waals surface area (Å²) in [7, 11) is 0. The van der Waals surface area contributed by atoms with Gasteiger partial charge in [-0.3, -0.25) is 24.0 Å². The number of carbonyl (C=O) groups is 5.